The Hall–Kier alpha value is -1.10. The van der Waals surface area contributed by atoms with Crippen LogP contribution in [0.4, 0.5) is 0 Å². The van der Waals surface area contributed by atoms with Gasteiger partial charge in [-0.3, -0.25) is 4.79 Å². The van der Waals surface area contributed by atoms with E-state index in [1.165, 1.54) is 38.6 Å². The highest BCUT2D eigenvalue weighted by Crippen LogP contribution is 2.51. The predicted octanol–water partition coefficient (Wildman–Crippen LogP) is 3.58. The first-order valence-corrected chi connectivity index (χ1v) is 9.29. The molecule has 3 rings (SSSR count). The maximum absolute atomic E-state index is 11.6. The van der Waals surface area contributed by atoms with Gasteiger partial charge in [0, 0.05) is 37.6 Å². The van der Waals surface area contributed by atoms with Crippen LogP contribution in [-0.2, 0) is 10.3 Å². The van der Waals surface area contributed by atoms with E-state index in [1.807, 2.05) is 19.2 Å². The number of fused-ring (bicyclic) bond motifs is 2. The number of hydrogen-bond acceptors (Lipinski definition) is 3. The summed E-state index contributed by atoms with van der Waals surface area (Å²) < 4.78 is 6.24. The fourth-order valence-electron chi connectivity index (χ4n) is 4.93. The summed E-state index contributed by atoms with van der Waals surface area (Å²) in [4.78, 5) is 14.2. The summed E-state index contributed by atoms with van der Waals surface area (Å²) in [6.07, 6.45) is 6.15. The first-order valence-electron chi connectivity index (χ1n) is 9.29. The third-order valence-electron chi connectivity index (χ3n) is 6.04. The molecular weight excluding hydrogens is 336 g/mol. The normalized spacial score (nSPS) is 29.0. The quantitative estimate of drug-likeness (QED) is 0.837. The number of nitrogens with two attached hydrogens (primary N) is 1. The van der Waals surface area contributed by atoms with Crippen LogP contribution in [0.2, 0.25) is 0 Å². The van der Waals surface area contributed by atoms with Crippen molar-refractivity contribution in [1.29, 1.82) is 0 Å². The lowest BCUT2D eigenvalue weighted by Crippen LogP contribution is -2.59. The molecule has 1 saturated carbocycles. The Morgan fingerprint density at radius 3 is 2.56 bits per heavy atom. The van der Waals surface area contributed by atoms with Crippen molar-refractivity contribution < 1.29 is 9.53 Å². The summed E-state index contributed by atoms with van der Waals surface area (Å²) in [5.41, 5.74) is 6.94. The lowest BCUT2D eigenvalue weighted by atomic mass is 9.62. The number of piperidine rings is 1. The van der Waals surface area contributed by atoms with Gasteiger partial charge < -0.3 is 15.4 Å². The van der Waals surface area contributed by atoms with E-state index < -0.39 is 0 Å². The van der Waals surface area contributed by atoms with Crippen LogP contribution in [0.5, 0.6) is 0 Å². The Bertz CT molecular complexity index is 579. The smallest absolute Gasteiger partial charge is 0.248 e. The monoisotopic (exact) mass is 366 g/mol. The molecule has 0 unspecified atom stereocenters. The van der Waals surface area contributed by atoms with E-state index in [2.05, 4.69) is 17.9 Å². The largest absolute Gasteiger partial charge is 0.373 e. The first kappa shape index (κ1) is 20.2. The minimum Gasteiger partial charge on any atom is -0.373 e. The molecule has 1 aromatic carbocycles. The number of carbonyl (C=O) groups excluding carboxylic acids is 1. The van der Waals surface area contributed by atoms with Crippen LogP contribution in [0.25, 0.3) is 0 Å². The van der Waals surface area contributed by atoms with Crippen LogP contribution in [0, 0.1) is 11.8 Å². The zero-order valence-electron chi connectivity index (χ0n) is 15.4. The summed E-state index contributed by atoms with van der Waals surface area (Å²) in [7, 11) is 1.84. The van der Waals surface area contributed by atoms with E-state index in [0.717, 1.165) is 18.7 Å². The Morgan fingerprint density at radius 2 is 2.00 bits per heavy atom. The summed E-state index contributed by atoms with van der Waals surface area (Å²) in [6.45, 7) is 5.61. The SMILES string of the molecule is CCCCN1C[C@H]2CCC[C@@H](C1)[C@@]2(OC)c1cccc(C(N)=O)c1.Cl. The van der Waals surface area contributed by atoms with Crippen molar-refractivity contribution in [3.63, 3.8) is 0 Å². The van der Waals surface area contributed by atoms with E-state index >= 15 is 0 Å². The van der Waals surface area contributed by atoms with Gasteiger partial charge in [-0.15, -0.1) is 12.4 Å². The molecule has 2 fully saturated rings. The molecule has 1 aliphatic carbocycles. The fourth-order valence-corrected chi connectivity index (χ4v) is 4.93. The summed E-state index contributed by atoms with van der Waals surface area (Å²) in [6, 6.07) is 7.80. The van der Waals surface area contributed by atoms with Crippen molar-refractivity contribution >= 4 is 18.3 Å². The van der Waals surface area contributed by atoms with Crippen molar-refractivity contribution in [3.8, 4) is 0 Å². The fraction of sp³-hybridized carbons (Fsp3) is 0.650. The summed E-state index contributed by atoms with van der Waals surface area (Å²) in [5.74, 6) is 0.596. The second kappa shape index (κ2) is 8.52. The van der Waals surface area contributed by atoms with Gasteiger partial charge in [0.2, 0.25) is 5.91 Å². The first-order chi connectivity index (χ1) is 11.6. The molecule has 25 heavy (non-hydrogen) atoms. The third-order valence-corrected chi connectivity index (χ3v) is 6.04. The van der Waals surface area contributed by atoms with Crippen LogP contribution >= 0.6 is 12.4 Å². The van der Waals surface area contributed by atoms with E-state index in [-0.39, 0.29) is 23.9 Å². The lowest BCUT2D eigenvalue weighted by Gasteiger charge is -2.55. The number of rotatable bonds is 6. The van der Waals surface area contributed by atoms with Gasteiger partial charge in [0.15, 0.2) is 0 Å². The molecule has 5 heteroatoms. The van der Waals surface area contributed by atoms with E-state index in [4.69, 9.17) is 10.5 Å². The van der Waals surface area contributed by atoms with Gasteiger partial charge in [0.25, 0.3) is 0 Å². The minimum absolute atomic E-state index is 0. The highest BCUT2D eigenvalue weighted by molar-refractivity contribution is 5.92. The molecule has 1 amide bonds. The highest BCUT2D eigenvalue weighted by Gasteiger charge is 2.53. The molecule has 1 aromatic rings. The Kier molecular flexibility index (Phi) is 6.89. The summed E-state index contributed by atoms with van der Waals surface area (Å²) in [5, 5.41) is 0. The number of likely N-dealkylation sites (tertiary alicyclic amines) is 1. The second-order valence-electron chi connectivity index (χ2n) is 7.38. The maximum atomic E-state index is 11.6. The van der Waals surface area contributed by atoms with Gasteiger partial charge in [-0.25, -0.2) is 0 Å². The van der Waals surface area contributed by atoms with Crippen molar-refractivity contribution in [2.45, 2.75) is 44.6 Å². The number of amides is 1. The molecule has 2 N–H and O–H groups in total. The summed E-state index contributed by atoms with van der Waals surface area (Å²) >= 11 is 0. The molecule has 3 atom stereocenters. The van der Waals surface area contributed by atoms with Crippen LogP contribution in [0.1, 0.15) is 54.9 Å². The maximum Gasteiger partial charge on any atom is 0.248 e. The molecule has 4 nitrogen and oxygen atoms in total. The predicted molar refractivity (Wildman–Crippen MR) is 103 cm³/mol. The molecular formula is C20H31ClN2O2. The number of methoxy groups -OCH3 is 1. The number of nitrogens with zero attached hydrogens (tertiary/aromatic N) is 1. The van der Waals surface area contributed by atoms with E-state index in [0.29, 0.717) is 17.4 Å². The molecule has 2 bridgehead atoms. The molecule has 0 aromatic heterocycles. The molecule has 140 valence electrons. The highest BCUT2D eigenvalue weighted by atomic mass is 35.5. The Labute approximate surface area is 157 Å². The van der Waals surface area contributed by atoms with Crippen LogP contribution in [-0.4, -0.2) is 37.6 Å². The average molecular weight is 367 g/mol. The second-order valence-corrected chi connectivity index (χ2v) is 7.38. The van der Waals surface area contributed by atoms with Crippen molar-refractivity contribution in [2.75, 3.05) is 26.7 Å². The van der Waals surface area contributed by atoms with Gasteiger partial charge in [0.1, 0.15) is 5.60 Å². The molecule has 1 aliphatic heterocycles. The van der Waals surface area contributed by atoms with Crippen molar-refractivity contribution in [1.82, 2.24) is 4.90 Å². The zero-order chi connectivity index (χ0) is 17.2. The molecule has 0 radical (unpaired) electrons. The van der Waals surface area contributed by atoms with Gasteiger partial charge in [-0.2, -0.15) is 0 Å². The number of benzene rings is 1. The Morgan fingerprint density at radius 1 is 1.32 bits per heavy atom. The third kappa shape index (κ3) is 3.71. The number of ether oxygens (including phenoxy) is 1. The van der Waals surface area contributed by atoms with Gasteiger partial charge >= 0.3 is 0 Å². The van der Waals surface area contributed by atoms with Crippen molar-refractivity contribution in [3.05, 3.63) is 35.4 Å². The Balaban J connectivity index is 0.00000225. The number of unbranched alkanes of at least 4 members (excludes halogenated alkanes) is 1. The van der Waals surface area contributed by atoms with E-state index in [1.54, 1.807) is 6.07 Å². The number of hydrogen-bond donors (Lipinski definition) is 1. The number of carbonyl (C=O) groups is 1. The standard InChI is InChI=1S/C20H30N2O2.ClH/c1-3-4-11-22-13-17-9-6-10-18(14-22)20(17,24-2)16-8-5-7-15(12-16)19(21)23;/h5,7-8,12,17-18H,3-4,6,9-11,13-14H2,1-2H3,(H2,21,23);1H/t17-,18+,20-;. The van der Waals surface area contributed by atoms with Gasteiger partial charge in [0.05, 0.1) is 0 Å². The van der Waals surface area contributed by atoms with Crippen LogP contribution in [0.15, 0.2) is 24.3 Å². The van der Waals surface area contributed by atoms with Gasteiger partial charge in [-0.1, -0.05) is 31.9 Å². The van der Waals surface area contributed by atoms with Gasteiger partial charge in [-0.05, 0) is 43.5 Å². The molecule has 0 spiro atoms. The molecule has 1 saturated heterocycles. The number of primary amides is 1. The van der Waals surface area contributed by atoms with Crippen molar-refractivity contribution in [2.24, 2.45) is 17.6 Å². The minimum atomic E-state index is -0.367. The topological polar surface area (TPSA) is 55.6 Å². The molecule has 1 heterocycles. The lowest BCUT2D eigenvalue weighted by molar-refractivity contribution is -0.169. The number of halogens is 1. The van der Waals surface area contributed by atoms with Crippen LogP contribution in [0.3, 0.4) is 0 Å². The van der Waals surface area contributed by atoms with Crippen LogP contribution < -0.4 is 5.73 Å². The van der Waals surface area contributed by atoms with E-state index in [9.17, 15) is 4.79 Å². The molecule has 2 aliphatic rings. The zero-order valence-corrected chi connectivity index (χ0v) is 16.2. The average Bonchev–Trinajstić information content (AvgIpc) is 2.59.